The molecule has 0 atom stereocenters. The van der Waals surface area contributed by atoms with Crippen LogP contribution in [0.3, 0.4) is 0 Å². The van der Waals surface area contributed by atoms with Gasteiger partial charge in [0.25, 0.3) is 0 Å². The number of nitrogens with one attached hydrogen (secondary N) is 2. The third-order valence-electron chi connectivity index (χ3n) is 3.19. The Labute approximate surface area is 167 Å². The molecule has 0 spiro atoms. The molecule has 1 heterocycles. The van der Waals surface area contributed by atoms with Crippen LogP contribution in [0.5, 0.6) is 5.75 Å². The molecule has 0 aliphatic rings. The summed E-state index contributed by atoms with van der Waals surface area (Å²) in [4.78, 5) is 8.50. The first-order valence-corrected chi connectivity index (χ1v) is 8.07. The zero-order chi connectivity index (χ0) is 17.4. The van der Waals surface area contributed by atoms with Crippen LogP contribution in [0.15, 0.2) is 53.7 Å². The van der Waals surface area contributed by atoms with Gasteiger partial charge in [-0.2, -0.15) is 0 Å². The molecular weight excluding hydrogens is 427 g/mol. The molecule has 1 aromatic carbocycles. The Bertz CT molecular complexity index is 669. The van der Waals surface area contributed by atoms with E-state index in [0.29, 0.717) is 13.2 Å². The van der Waals surface area contributed by atoms with Gasteiger partial charge in [0.05, 0.1) is 5.69 Å². The van der Waals surface area contributed by atoms with Gasteiger partial charge in [-0.1, -0.05) is 18.2 Å². The van der Waals surface area contributed by atoms with Crippen molar-refractivity contribution in [1.82, 2.24) is 15.6 Å². The fraction of sp³-hybridized carbons (Fsp3) is 0.368. The van der Waals surface area contributed by atoms with Gasteiger partial charge in [-0.05, 0) is 50.6 Å². The van der Waals surface area contributed by atoms with Crippen LogP contribution in [-0.4, -0.2) is 23.5 Å². The summed E-state index contributed by atoms with van der Waals surface area (Å²) in [5.74, 6) is 1.61. The van der Waals surface area contributed by atoms with E-state index in [-0.39, 0.29) is 29.5 Å². The zero-order valence-electron chi connectivity index (χ0n) is 15.2. The van der Waals surface area contributed by atoms with E-state index in [1.165, 1.54) is 0 Å². The van der Waals surface area contributed by atoms with Gasteiger partial charge in [0.2, 0.25) is 0 Å². The van der Waals surface area contributed by atoms with E-state index in [2.05, 4.69) is 47.4 Å². The second-order valence-corrected chi connectivity index (χ2v) is 6.56. The number of guanidine groups is 1. The van der Waals surface area contributed by atoms with Crippen molar-refractivity contribution in [3.05, 3.63) is 59.9 Å². The number of ether oxygens (including phenoxy) is 1. The van der Waals surface area contributed by atoms with Crippen molar-refractivity contribution < 1.29 is 4.74 Å². The number of halogens is 1. The molecule has 2 N–H and O–H groups in total. The van der Waals surface area contributed by atoms with E-state index in [1.54, 1.807) is 13.2 Å². The highest BCUT2D eigenvalue weighted by Gasteiger charge is 2.11. The molecule has 0 aliphatic heterocycles. The fourth-order valence-electron chi connectivity index (χ4n) is 2.11. The highest BCUT2D eigenvalue weighted by molar-refractivity contribution is 14.0. The van der Waals surface area contributed by atoms with E-state index in [9.17, 15) is 0 Å². The molecule has 5 nitrogen and oxygen atoms in total. The number of pyridine rings is 1. The summed E-state index contributed by atoms with van der Waals surface area (Å²) < 4.78 is 5.81. The quantitative estimate of drug-likeness (QED) is 0.411. The third kappa shape index (κ3) is 8.20. The Morgan fingerprint density at radius 1 is 1.16 bits per heavy atom. The summed E-state index contributed by atoms with van der Waals surface area (Å²) in [6.07, 6.45) is 1.77. The lowest BCUT2D eigenvalue weighted by molar-refractivity contribution is 0.301. The minimum atomic E-state index is -0.0323. The van der Waals surface area contributed by atoms with Gasteiger partial charge >= 0.3 is 0 Å². The molecule has 6 heteroatoms. The van der Waals surface area contributed by atoms with Gasteiger partial charge in [0.15, 0.2) is 5.96 Å². The number of hydrogen-bond donors (Lipinski definition) is 2. The molecule has 0 bridgehead atoms. The molecule has 136 valence electrons. The smallest absolute Gasteiger partial charge is 0.191 e. The van der Waals surface area contributed by atoms with Crippen LogP contribution < -0.4 is 15.4 Å². The monoisotopic (exact) mass is 454 g/mol. The van der Waals surface area contributed by atoms with Gasteiger partial charge in [0, 0.05) is 25.3 Å². The van der Waals surface area contributed by atoms with Crippen molar-refractivity contribution in [3.63, 3.8) is 0 Å². The van der Waals surface area contributed by atoms with Gasteiger partial charge in [-0.3, -0.25) is 9.98 Å². The third-order valence-corrected chi connectivity index (χ3v) is 3.19. The second kappa shape index (κ2) is 10.2. The summed E-state index contributed by atoms with van der Waals surface area (Å²) in [6, 6.07) is 13.8. The SMILES string of the molecule is CN=C(NCc1cccc(OCc2ccccn2)c1)NC(C)(C)C.I. The largest absolute Gasteiger partial charge is 0.487 e. The minimum Gasteiger partial charge on any atom is -0.487 e. The molecular formula is C19H27IN4O. The first kappa shape index (κ1) is 21.2. The van der Waals surface area contributed by atoms with Gasteiger partial charge in [0.1, 0.15) is 12.4 Å². The number of aromatic nitrogens is 1. The van der Waals surface area contributed by atoms with Crippen LogP contribution in [0.25, 0.3) is 0 Å². The van der Waals surface area contributed by atoms with Crippen molar-refractivity contribution in [3.8, 4) is 5.75 Å². The van der Waals surface area contributed by atoms with Crippen molar-refractivity contribution in [1.29, 1.82) is 0 Å². The summed E-state index contributed by atoms with van der Waals surface area (Å²) >= 11 is 0. The van der Waals surface area contributed by atoms with Crippen LogP contribution >= 0.6 is 24.0 Å². The number of rotatable bonds is 5. The Balaban J connectivity index is 0.00000312. The van der Waals surface area contributed by atoms with E-state index in [0.717, 1.165) is 23.0 Å². The topological polar surface area (TPSA) is 58.5 Å². The highest BCUT2D eigenvalue weighted by Crippen LogP contribution is 2.14. The van der Waals surface area contributed by atoms with Crippen molar-refractivity contribution >= 4 is 29.9 Å². The Morgan fingerprint density at radius 3 is 2.60 bits per heavy atom. The maximum Gasteiger partial charge on any atom is 0.191 e. The van der Waals surface area contributed by atoms with Gasteiger partial charge in [-0.25, -0.2) is 0 Å². The number of benzene rings is 1. The lowest BCUT2D eigenvalue weighted by Gasteiger charge is -2.23. The van der Waals surface area contributed by atoms with Crippen LogP contribution in [0, 0.1) is 0 Å². The molecule has 0 saturated heterocycles. The lowest BCUT2D eigenvalue weighted by atomic mass is 10.1. The molecule has 2 aromatic rings. The summed E-state index contributed by atoms with van der Waals surface area (Å²) in [7, 11) is 1.77. The summed E-state index contributed by atoms with van der Waals surface area (Å²) in [5.41, 5.74) is 2.01. The molecule has 0 radical (unpaired) electrons. The van der Waals surface area contributed by atoms with Crippen LogP contribution in [0.4, 0.5) is 0 Å². The maximum absolute atomic E-state index is 5.81. The Kier molecular flexibility index (Phi) is 8.68. The standard InChI is InChI=1S/C19H26N4O.HI/c1-19(2,3)23-18(20-4)22-13-15-8-7-10-17(12-15)24-14-16-9-5-6-11-21-16;/h5-12H,13-14H2,1-4H3,(H2,20,22,23);1H. The molecule has 0 amide bonds. The number of nitrogens with zero attached hydrogens (tertiary/aromatic N) is 2. The van der Waals surface area contributed by atoms with Crippen molar-refractivity contribution in [2.24, 2.45) is 4.99 Å². The van der Waals surface area contributed by atoms with Gasteiger partial charge in [-0.15, -0.1) is 24.0 Å². The number of hydrogen-bond acceptors (Lipinski definition) is 3. The second-order valence-electron chi connectivity index (χ2n) is 6.56. The molecule has 1 aromatic heterocycles. The van der Waals surface area contributed by atoms with E-state index in [1.807, 2.05) is 36.4 Å². The predicted molar refractivity (Wildman–Crippen MR) is 114 cm³/mol. The lowest BCUT2D eigenvalue weighted by Crippen LogP contribution is -2.47. The normalized spacial score (nSPS) is 11.4. The van der Waals surface area contributed by atoms with E-state index >= 15 is 0 Å². The maximum atomic E-state index is 5.81. The van der Waals surface area contributed by atoms with Gasteiger partial charge < -0.3 is 15.4 Å². The Hall–Kier alpha value is -1.83. The molecule has 25 heavy (non-hydrogen) atoms. The molecule has 0 fully saturated rings. The van der Waals surface area contributed by atoms with E-state index < -0.39 is 0 Å². The molecule has 0 saturated carbocycles. The molecule has 0 aliphatic carbocycles. The van der Waals surface area contributed by atoms with Crippen molar-refractivity contribution in [2.45, 2.75) is 39.5 Å². The fourth-order valence-corrected chi connectivity index (χ4v) is 2.11. The number of aliphatic imine (C=N–C) groups is 1. The summed E-state index contributed by atoms with van der Waals surface area (Å²) in [6.45, 7) is 7.45. The first-order valence-electron chi connectivity index (χ1n) is 8.07. The summed E-state index contributed by atoms with van der Waals surface area (Å²) in [5, 5.41) is 6.65. The van der Waals surface area contributed by atoms with Crippen LogP contribution in [-0.2, 0) is 13.2 Å². The van der Waals surface area contributed by atoms with Crippen LogP contribution in [0.2, 0.25) is 0 Å². The first-order chi connectivity index (χ1) is 11.5. The molecule has 0 unspecified atom stereocenters. The minimum absolute atomic E-state index is 0. The molecule has 2 rings (SSSR count). The highest BCUT2D eigenvalue weighted by atomic mass is 127. The predicted octanol–water partition coefficient (Wildman–Crippen LogP) is 3.74. The average Bonchev–Trinajstić information content (AvgIpc) is 2.57. The Morgan fingerprint density at radius 2 is 1.96 bits per heavy atom. The van der Waals surface area contributed by atoms with E-state index in [4.69, 9.17) is 4.74 Å². The van der Waals surface area contributed by atoms with Crippen LogP contribution in [0.1, 0.15) is 32.0 Å². The average molecular weight is 454 g/mol. The zero-order valence-corrected chi connectivity index (χ0v) is 17.6. The van der Waals surface area contributed by atoms with Crippen molar-refractivity contribution in [2.75, 3.05) is 7.05 Å².